The van der Waals surface area contributed by atoms with Gasteiger partial charge < -0.3 is 5.32 Å². The predicted molar refractivity (Wildman–Crippen MR) is 136 cm³/mol. The molecule has 0 saturated carbocycles. The van der Waals surface area contributed by atoms with Gasteiger partial charge >= 0.3 is 0 Å². The summed E-state index contributed by atoms with van der Waals surface area (Å²) in [6, 6.07) is 32.6. The van der Waals surface area contributed by atoms with Gasteiger partial charge in [0.15, 0.2) is 5.78 Å². The summed E-state index contributed by atoms with van der Waals surface area (Å²) in [6.45, 7) is 2.21. The number of fused-ring (bicyclic) bond motifs is 1. The second kappa shape index (κ2) is 9.65. The van der Waals surface area contributed by atoms with Crippen molar-refractivity contribution in [3.05, 3.63) is 120 Å². The molecule has 160 valence electrons. The molecular formula is C30H29NO. The molecule has 1 unspecified atom stereocenters. The third-order valence-corrected chi connectivity index (χ3v) is 6.13. The standard InChI is InChI=1S/C30H29NO/c1-30(21-11-14-23-12-5-3-6-13-23,22-28(32)25-16-7-4-8-17-25)29-26-18-10-9-15-24(26)19-20-27(29)31-2/h3-20,31H,21-22H2,1-2H3/b14-11+. The number of carbonyl (C=O) groups excluding carboxylic acids is 1. The van der Waals surface area contributed by atoms with Gasteiger partial charge in [0.25, 0.3) is 0 Å². The molecule has 0 aliphatic rings. The molecule has 0 fully saturated rings. The Hall–Kier alpha value is -3.65. The van der Waals surface area contributed by atoms with Crippen LogP contribution in [-0.4, -0.2) is 12.8 Å². The fourth-order valence-electron chi connectivity index (χ4n) is 4.49. The maximum atomic E-state index is 13.4. The molecule has 4 rings (SSSR count). The normalized spacial score (nSPS) is 13.2. The van der Waals surface area contributed by atoms with Crippen molar-refractivity contribution in [2.24, 2.45) is 0 Å². The van der Waals surface area contributed by atoms with E-state index in [9.17, 15) is 4.79 Å². The van der Waals surface area contributed by atoms with Crippen LogP contribution in [0.1, 0.15) is 41.3 Å². The van der Waals surface area contributed by atoms with Crippen LogP contribution in [0.15, 0.2) is 103 Å². The molecule has 0 saturated heterocycles. The van der Waals surface area contributed by atoms with Gasteiger partial charge in [-0.2, -0.15) is 0 Å². The highest BCUT2D eigenvalue weighted by Crippen LogP contribution is 2.42. The van der Waals surface area contributed by atoms with Crippen molar-refractivity contribution < 1.29 is 4.79 Å². The van der Waals surface area contributed by atoms with Gasteiger partial charge in [0.05, 0.1) is 0 Å². The topological polar surface area (TPSA) is 29.1 Å². The van der Waals surface area contributed by atoms with Gasteiger partial charge in [-0.3, -0.25) is 4.79 Å². The Bertz CT molecular complexity index is 1230. The zero-order valence-electron chi connectivity index (χ0n) is 18.7. The Balaban J connectivity index is 1.79. The van der Waals surface area contributed by atoms with Gasteiger partial charge in [0, 0.05) is 30.1 Å². The minimum Gasteiger partial charge on any atom is -0.388 e. The number of allylic oxidation sites excluding steroid dienone is 1. The van der Waals surface area contributed by atoms with Crippen LogP contribution in [0.5, 0.6) is 0 Å². The average Bonchev–Trinajstić information content (AvgIpc) is 2.84. The summed E-state index contributed by atoms with van der Waals surface area (Å²) in [5.41, 5.74) is 3.81. The summed E-state index contributed by atoms with van der Waals surface area (Å²) in [4.78, 5) is 13.4. The number of hydrogen-bond donors (Lipinski definition) is 1. The zero-order valence-corrected chi connectivity index (χ0v) is 18.7. The van der Waals surface area contributed by atoms with Gasteiger partial charge in [-0.15, -0.1) is 0 Å². The third-order valence-electron chi connectivity index (χ3n) is 6.13. The highest BCUT2D eigenvalue weighted by atomic mass is 16.1. The summed E-state index contributed by atoms with van der Waals surface area (Å²) in [7, 11) is 1.95. The summed E-state index contributed by atoms with van der Waals surface area (Å²) in [5, 5.41) is 5.76. The molecule has 4 aromatic carbocycles. The molecule has 0 aliphatic carbocycles. The summed E-state index contributed by atoms with van der Waals surface area (Å²) >= 11 is 0. The third kappa shape index (κ3) is 4.65. The number of Topliss-reactive ketones (excluding diaryl/α,β-unsaturated/α-hetero) is 1. The molecule has 0 spiro atoms. The Labute approximate surface area is 190 Å². The number of ketones is 1. The van der Waals surface area contributed by atoms with Crippen molar-refractivity contribution in [3.8, 4) is 0 Å². The van der Waals surface area contributed by atoms with Crippen molar-refractivity contribution in [1.82, 2.24) is 0 Å². The summed E-state index contributed by atoms with van der Waals surface area (Å²) in [5.74, 6) is 0.163. The van der Waals surface area contributed by atoms with Gasteiger partial charge in [-0.05, 0) is 34.4 Å². The summed E-state index contributed by atoms with van der Waals surface area (Å²) < 4.78 is 0. The van der Waals surface area contributed by atoms with Crippen LogP contribution >= 0.6 is 0 Å². The Morgan fingerprint density at radius 3 is 2.22 bits per heavy atom. The predicted octanol–water partition coefficient (Wildman–Crippen LogP) is 7.52. The molecule has 0 aliphatic heterocycles. The maximum absolute atomic E-state index is 13.4. The molecule has 0 amide bonds. The van der Waals surface area contributed by atoms with Crippen molar-refractivity contribution in [1.29, 1.82) is 0 Å². The van der Waals surface area contributed by atoms with Crippen LogP contribution in [0, 0.1) is 0 Å². The highest BCUT2D eigenvalue weighted by molar-refractivity contribution is 5.98. The molecule has 4 aromatic rings. The van der Waals surface area contributed by atoms with E-state index in [1.54, 1.807) is 0 Å². The van der Waals surface area contributed by atoms with Crippen LogP contribution in [0.3, 0.4) is 0 Å². The largest absolute Gasteiger partial charge is 0.388 e. The lowest BCUT2D eigenvalue weighted by molar-refractivity contribution is 0.0954. The fraction of sp³-hybridized carbons (Fsp3) is 0.167. The van der Waals surface area contributed by atoms with Gasteiger partial charge in [-0.25, -0.2) is 0 Å². The summed E-state index contributed by atoms with van der Waals surface area (Å²) in [6.07, 6.45) is 5.53. The van der Waals surface area contributed by atoms with E-state index < -0.39 is 0 Å². The molecule has 2 nitrogen and oxygen atoms in total. The quantitative estimate of drug-likeness (QED) is 0.299. The Morgan fingerprint density at radius 1 is 0.844 bits per heavy atom. The number of nitrogens with one attached hydrogen (secondary N) is 1. The molecule has 0 heterocycles. The first-order chi connectivity index (χ1) is 15.6. The lowest BCUT2D eigenvalue weighted by Crippen LogP contribution is -2.27. The van der Waals surface area contributed by atoms with E-state index in [4.69, 9.17) is 0 Å². The molecule has 0 aromatic heterocycles. The van der Waals surface area contributed by atoms with E-state index in [1.165, 1.54) is 16.3 Å². The molecule has 0 bridgehead atoms. The van der Waals surface area contributed by atoms with Crippen LogP contribution in [-0.2, 0) is 5.41 Å². The average molecular weight is 420 g/mol. The van der Waals surface area contributed by atoms with Crippen LogP contribution in [0.2, 0.25) is 0 Å². The van der Waals surface area contributed by atoms with Crippen molar-refractivity contribution in [3.63, 3.8) is 0 Å². The Morgan fingerprint density at radius 2 is 1.50 bits per heavy atom. The van der Waals surface area contributed by atoms with Crippen LogP contribution in [0.25, 0.3) is 16.8 Å². The SMILES string of the molecule is CNc1ccc2ccccc2c1C(C)(C/C=C/c1ccccc1)CC(=O)c1ccccc1. The van der Waals surface area contributed by atoms with Gasteiger partial charge in [-0.1, -0.05) is 110 Å². The second-order valence-corrected chi connectivity index (χ2v) is 8.50. The van der Waals surface area contributed by atoms with E-state index in [0.717, 1.165) is 23.2 Å². The zero-order chi connectivity index (χ0) is 22.4. The van der Waals surface area contributed by atoms with Crippen molar-refractivity contribution >= 4 is 28.3 Å². The molecule has 32 heavy (non-hydrogen) atoms. The van der Waals surface area contributed by atoms with E-state index in [-0.39, 0.29) is 11.2 Å². The minimum absolute atomic E-state index is 0.163. The number of anilines is 1. The molecule has 1 N–H and O–H groups in total. The number of benzene rings is 4. The lowest BCUT2D eigenvalue weighted by Gasteiger charge is -2.32. The number of carbonyl (C=O) groups is 1. The molecule has 1 atom stereocenters. The smallest absolute Gasteiger partial charge is 0.163 e. The van der Waals surface area contributed by atoms with Gasteiger partial charge in [0.2, 0.25) is 0 Å². The van der Waals surface area contributed by atoms with E-state index in [0.29, 0.717) is 6.42 Å². The van der Waals surface area contributed by atoms with Crippen LogP contribution in [0.4, 0.5) is 5.69 Å². The van der Waals surface area contributed by atoms with Crippen LogP contribution < -0.4 is 5.32 Å². The van der Waals surface area contributed by atoms with E-state index in [1.807, 2.05) is 55.6 Å². The first-order valence-electron chi connectivity index (χ1n) is 11.1. The fourth-order valence-corrected chi connectivity index (χ4v) is 4.49. The number of hydrogen-bond acceptors (Lipinski definition) is 2. The molecular weight excluding hydrogens is 390 g/mol. The Kier molecular flexibility index (Phi) is 6.51. The van der Waals surface area contributed by atoms with E-state index in [2.05, 4.69) is 72.9 Å². The maximum Gasteiger partial charge on any atom is 0.163 e. The lowest BCUT2D eigenvalue weighted by atomic mass is 9.72. The monoisotopic (exact) mass is 419 g/mol. The van der Waals surface area contributed by atoms with Crippen molar-refractivity contribution in [2.45, 2.75) is 25.2 Å². The first-order valence-corrected chi connectivity index (χ1v) is 11.1. The van der Waals surface area contributed by atoms with Crippen molar-refractivity contribution in [2.75, 3.05) is 12.4 Å². The van der Waals surface area contributed by atoms with Gasteiger partial charge in [0.1, 0.15) is 0 Å². The molecule has 0 radical (unpaired) electrons. The minimum atomic E-state index is -0.378. The molecule has 2 heteroatoms. The second-order valence-electron chi connectivity index (χ2n) is 8.50. The number of rotatable bonds is 8. The first kappa shape index (κ1) is 21.6. The highest BCUT2D eigenvalue weighted by Gasteiger charge is 2.32. The van der Waals surface area contributed by atoms with E-state index >= 15 is 0 Å².